The van der Waals surface area contributed by atoms with Gasteiger partial charge in [-0.1, -0.05) is 0 Å². The minimum absolute atomic E-state index is 0.470. The minimum Gasteiger partial charge on any atom is -0.497 e. The zero-order valence-electron chi connectivity index (χ0n) is 12.0. The van der Waals surface area contributed by atoms with Crippen LogP contribution in [0.25, 0.3) is 17.0 Å². The first-order valence-corrected chi connectivity index (χ1v) is 6.67. The Bertz CT molecular complexity index is 854. The first-order chi connectivity index (χ1) is 10.1. The third-order valence-electron chi connectivity index (χ3n) is 3.79. The summed E-state index contributed by atoms with van der Waals surface area (Å²) in [5, 5.41) is 7.97. The lowest BCUT2D eigenvalue weighted by Crippen LogP contribution is -2.30. The molecule has 4 rings (SSSR count). The number of nitrogens with zero attached hydrogens (tertiary/aromatic N) is 4. The van der Waals surface area contributed by atoms with Gasteiger partial charge in [-0.3, -0.25) is 4.40 Å². The van der Waals surface area contributed by atoms with E-state index in [2.05, 4.69) is 15.2 Å². The first-order valence-electron chi connectivity index (χ1n) is 6.67. The number of hydrogen-bond donors (Lipinski definition) is 0. The maximum atomic E-state index is 6.12. The lowest BCUT2D eigenvalue weighted by atomic mass is 9.90. The SMILES string of the molecule is COc1ccc2c(c1)-c1c(cnc3nncn13)C(C)(C)O2. The van der Waals surface area contributed by atoms with Gasteiger partial charge in [-0.15, -0.1) is 10.2 Å². The summed E-state index contributed by atoms with van der Waals surface area (Å²) in [5.74, 6) is 2.16. The third kappa shape index (κ3) is 1.62. The van der Waals surface area contributed by atoms with Gasteiger partial charge in [-0.25, -0.2) is 4.98 Å². The molecule has 21 heavy (non-hydrogen) atoms. The minimum atomic E-state index is -0.470. The van der Waals surface area contributed by atoms with Crippen LogP contribution in [-0.4, -0.2) is 26.7 Å². The molecule has 0 N–H and O–H groups in total. The second-order valence-corrected chi connectivity index (χ2v) is 5.50. The summed E-state index contributed by atoms with van der Waals surface area (Å²) in [6.45, 7) is 4.05. The first kappa shape index (κ1) is 12.1. The second-order valence-electron chi connectivity index (χ2n) is 5.50. The topological polar surface area (TPSA) is 61.5 Å². The molecule has 0 atom stereocenters. The molecular weight excluding hydrogens is 268 g/mol. The average molecular weight is 282 g/mol. The Hall–Kier alpha value is -2.63. The van der Waals surface area contributed by atoms with Crippen molar-refractivity contribution in [2.45, 2.75) is 19.4 Å². The van der Waals surface area contributed by atoms with Crippen LogP contribution in [-0.2, 0) is 5.60 Å². The Morgan fingerprint density at radius 3 is 2.95 bits per heavy atom. The number of benzene rings is 1. The van der Waals surface area contributed by atoms with Crippen molar-refractivity contribution in [2.75, 3.05) is 7.11 Å². The summed E-state index contributed by atoms with van der Waals surface area (Å²) in [7, 11) is 1.65. The van der Waals surface area contributed by atoms with Crippen molar-refractivity contribution in [3.63, 3.8) is 0 Å². The van der Waals surface area contributed by atoms with Gasteiger partial charge in [0.15, 0.2) is 0 Å². The van der Waals surface area contributed by atoms with E-state index in [4.69, 9.17) is 9.47 Å². The summed E-state index contributed by atoms with van der Waals surface area (Å²) >= 11 is 0. The molecule has 0 aliphatic carbocycles. The van der Waals surface area contributed by atoms with Crippen molar-refractivity contribution in [2.24, 2.45) is 0 Å². The number of methoxy groups -OCH3 is 1. The molecule has 1 aliphatic heterocycles. The Balaban J connectivity index is 2.12. The van der Waals surface area contributed by atoms with Crippen LogP contribution < -0.4 is 9.47 Å². The maximum absolute atomic E-state index is 6.12. The van der Waals surface area contributed by atoms with E-state index in [1.54, 1.807) is 13.4 Å². The highest BCUT2D eigenvalue weighted by Gasteiger charge is 2.35. The van der Waals surface area contributed by atoms with Crippen molar-refractivity contribution in [3.8, 4) is 22.8 Å². The van der Waals surface area contributed by atoms with Gasteiger partial charge in [0, 0.05) is 17.3 Å². The lowest BCUT2D eigenvalue weighted by Gasteiger charge is -2.34. The molecule has 106 valence electrons. The van der Waals surface area contributed by atoms with E-state index in [0.29, 0.717) is 5.78 Å². The molecule has 0 spiro atoms. The van der Waals surface area contributed by atoms with E-state index in [9.17, 15) is 0 Å². The largest absolute Gasteiger partial charge is 0.497 e. The zero-order chi connectivity index (χ0) is 14.6. The Labute approximate surface area is 121 Å². The van der Waals surface area contributed by atoms with Crippen LogP contribution in [0.5, 0.6) is 11.5 Å². The van der Waals surface area contributed by atoms with Crippen molar-refractivity contribution >= 4 is 5.78 Å². The molecule has 3 aromatic rings. The fourth-order valence-electron chi connectivity index (χ4n) is 2.74. The van der Waals surface area contributed by atoms with Crippen molar-refractivity contribution in [1.29, 1.82) is 0 Å². The van der Waals surface area contributed by atoms with E-state index in [1.807, 2.05) is 42.6 Å². The van der Waals surface area contributed by atoms with Gasteiger partial charge in [0.25, 0.3) is 5.78 Å². The van der Waals surface area contributed by atoms with E-state index >= 15 is 0 Å². The van der Waals surface area contributed by atoms with Crippen LogP contribution in [0.2, 0.25) is 0 Å². The van der Waals surface area contributed by atoms with Gasteiger partial charge < -0.3 is 9.47 Å². The van der Waals surface area contributed by atoms with Gasteiger partial charge in [0.2, 0.25) is 0 Å². The maximum Gasteiger partial charge on any atom is 0.255 e. The fraction of sp³-hybridized carbons (Fsp3) is 0.267. The second kappa shape index (κ2) is 3.94. The molecule has 0 unspecified atom stereocenters. The monoisotopic (exact) mass is 282 g/mol. The van der Waals surface area contributed by atoms with Crippen LogP contribution in [0.4, 0.5) is 0 Å². The van der Waals surface area contributed by atoms with Gasteiger partial charge in [0.05, 0.1) is 12.8 Å². The van der Waals surface area contributed by atoms with Gasteiger partial charge in [0.1, 0.15) is 23.4 Å². The molecule has 0 saturated carbocycles. The average Bonchev–Trinajstić information content (AvgIpc) is 2.94. The summed E-state index contributed by atoms with van der Waals surface area (Å²) in [5.41, 5.74) is 2.48. The van der Waals surface area contributed by atoms with Crippen LogP contribution in [0, 0.1) is 0 Å². The van der Waals surface area contributed by atoms with Crippen LogP contribution in [0.3, 0.4) is 0 Å². The molecule has 0 fully saturated rings. The Kier molecular flexibility index (Phi) is 2.28. The molecule has 1 aromatic carbocycles. The molecule has 0 saturated heterocycles. The van der Waals surface area contributed by atoms with E-state index in [1.165, 1.54) is 0 Å². The van der Waals surface area contributed by atoms with Gasteiger partial charge >= 0.3 is 0 Å². The Morgan fingerprint density at radius 1 is 1.29 bits per heavy atom. The summed E-state index contributed by atoms with van der Waals surface area (Å²) < 4.78 is 13.3. The van der Waals surface area contributed by atoms with E-state index in [-0.39, 0.29) is 0 Å². The van der Waals surface area contributed by atoms with Crippen molar-refractivity contribution in [3.05, 3.63) is 36.3 Å². The van der Waals surface area contributed by atoms with Gasteiger partial charge in [-0.2, -0.15) is 0 Å². The smallest absolute Gasteiger partial charge is 0.255 e. The number of fused-ring (bicyclic) bond motifs is 5. The van der Waals surface area contributed by atoms with E-state index < -0.39 is 5.60 Å². The highest BCUT2D eigenvalue weighted by atomic mass is 16.5. The highest BCUT2D eigenvalue weighted by molar-refractivity contribution is 5.76. The lowest BCUT2D eigenvalue weighted by molar-refractivity contribution is 0.104. The molecule has 0 amide bonds. The highest BCUT2D eigenvalue weighted by Crippen LogP contribution is 2.45. The quantitative estimate of drug-likeness (QED) is 0.686. The predicted octanol–water partition coefficient (Wildman–Crippen LogP) is 2.43. The Morgan fingerprint density at radius 2 is 2.14 bits per heavy atom. The summed E-state index contributed by atoms with van der Waals surface area (Å²) in [6, 6.07) is 5.78. The van der Waals surface area contributed by atoms with Crippen LogP contribution in [0.1, 0.15) is 19.4 Å². The summed E-state index contributed by atoms with van der Waals surface area (Å²) in [6.07, 6.45) is 3.48. The fourth-order valence-corrected chi connectivity index (χ4v) is 2.74. The number of ether oxygens (including phenoxy) is 2. The summed E-state index contributed by atoms with van der Waals surface area (Å²) in [4.78, 5) is 4.34. The molecule has 2 aromatic heterocycles. The zero-order valence-corrected chi connectivity index (χ0v) is 12.0. The molecule has 0 bridgehead atoms. The molecule has 6 heteroatoms. The molecular formula is C15H14N4O2. The normalized spacial score (nSPS) is 15.2. The van der Waals surface area contributed by atoms with Crippen LogP contribution >= 0.6 is 0 Å². The molecule has 6 nitrogen and oxygen atoms in total. The number of hydrogen-bond acceptors (Lipinski definition) is 5. The predicted molar refractivity (Wildman–Crippen MR) is 76.4 cm³/mol. The van der Waals surface area contributed by atoms with Crippen molar-refractivity contribution < 1.29 is 9.47 Å². The van der Waals surface area contributed by atoms with Crippen LogP contribution in [0.15, 0.2) is 30.7 Å². The molecule has 3 heterocycles. The van der Waals surface area contributed by atoms with E-state index in [0.717, 1.165) is 28.3 Å². The van der Waals surface area contributed by atoms with Gasteiger partial charge in [-0.05, 0) is 32.0 Å². The third-order valence-corrected chi connectivity index (χ3v) is 3.79. The number of aromatic nitrogens is 4. The number of rotatable bonds is 1. The van der Waals surface area contributed by atoms with Crippen molar-refractivity contribution in [1.82, 2.24) is 19.6 Å². The molecule has 0 radical (unpaired) electrons. The standard InChI is InChI=1S/C15H14N4O2/c1-15(2)11-7-16-14-18-17-8-19(14)13(11)10-6-9(20-3)4-5-12(10)21-15/h4-8H,1-3H3. The molecule has 1 aliphatic rings.